The zero-order chi connectivity index (χ0) is 19.3. The average Bonchev–Trinajstić information content (AvgIpc) is 2.55. The number of carbonyl (C=O) groups excluding carboxylic acids is 1. The topological polar surface area (TPSA) is 120 Å². The minimum Gasteiger partial charge on any atom is -0.872 e. The van der Waals surface area contributed by atoms with Gasteiger partial charge in [0.05, 0.1) is 17.7 Å². The van der Waals surface area contributed by atoms with Gasteiger partial charge in [-0.1, -0.05) is 29.5 Å². The van der Waals surface area contributed by atoms with E-state index in [-0.39, 0.29) is 17.8 Å². The number of rotatable bonds is 6. The van der Waals surface area contributed by atoms with E-state index in [4.69, 9.17) is 0 Å². The van der Waals surface area contributed by atoms with Crippen molar-refractivity contribution in [1.29, 1.82) is 0 Å². The van der Waals surface area contributed by atoms with E-state index in [1.807, 2.05) is 32.9 Å². The highest BCUT2D eigenvalue weighted by atomic mass is 16.6. The van der Waals surface area contributed by atoms with E-state index in [1.54, 1.807) is 0 Å². The Balaban J connectivity index is 1.96. The van der Waals surface area contributed by atoms with E-state index in [0.29, 0.717) is 0 Å². The zero-order valence-electron chi connectivity index (χ0n) is 14.7. The van der Waals surface area contributed by atoms with Crippen molar-refractivity contribution in [2.24, 2.45) is 5.10 Å². The van der Waals surface area contributed by atoms with Crippen molar-refractivity contribution < 1.29 is 14.8 Å². The molecule has 8 nitrogen and oxygen atoms in total. The molecule has 0 saturated heterocycles. The first-order valence-electron chi connectivity index (χ1n) is 7.87. The predicted molar refractivity (Wildman–Crippen MR) is 97.4 cm³/mol. The van der Waals surface area contributed by atoms with Gasteiger partial charge in [0, 0.05) is 17.8 Å². The number of nitrogens with one attached hydrogen (secondary N) is 2. The summed E-state index contributed by atoms with van der Waals surface area (Å²) in [5, 5.41) is 29.1. The zero-order valence-corrected chi connectivity index (χ0v) is 14.7. The fourth-order valence-electron chi connectivity index (χ4n) is 2.59. The van der Waals surface area contributed by atoms with Crippen LogP contribution in [0.2, 0.25) is 0 Å². The van der Waals surface area contributed by atoms with Gasteiger partial charge in [-0.3, -0.25) is 14.9 Å². The molecule has 136 valence electrons. The molecule has 0 bridgehead atoms. The number of amides is 1. The molecule has 0 spiro atoms. The summed E-state index contributed by atoms with van der Waals surface area (Å²) in [4.78, 5) is 22.0. The number of hydrazone groups is 1. The van der Waals surface area contributed by atoms with Crippen LogP contribution in [0.4, 0.5) is 11.4 Å². The smallest absolute Gasteiger partial charge is 0.270 e. The van der Waals surface area contributed by atoms with E-state index in [0.717, 1.165) is 46.8 Å². The van der Waals surface area contributed by atoms with Crippen molar-refractivity contribution in [1.82, 2.24) is 5.43 Å². The lowest BCUT2D eigenvalue weighted by Crippen LogP contribution is -2.26. The first kappa shape index (κ1) is 18.9. The molecule has 0 radical (unpaired) electrons. The summed E-state index contributed by atoms with van der Waals surface area (Å²) < 4.78 is 0. The molecule has 2 N–H and O–H groups in total. The number of aryl methyl sites for hydroxylation is 3. The van der Waals surface area contributed by atoms with Gasteiger partial charge in [0.1, 0.15) is 0 Å². The second kappa shape index (κ2) is 8.11. The second-order valence-electron chi connectivity index (χ2n) is 5.90. The molecule has 2 aromatic carbocycles. The number of benzene rings is 2. The standard InChI is InChI=1S/C18H20N4O4/c1-11-6-12(2)18(13(3)7-11)19-10-17(24)21-20-9-14-8-15(22(25)26)4-5-16(14)23/h4-9,19,23H,10H2,1-3H3,(H,21,24)/p-1/b20-9-. The van der Waals surface area contributed by atoms with Gasteiger partial charge in [0.2, 0.25) is 0 Å². The van der Waals surface area contributed by atoms with Gasteiger partial charge in [-0.15, -0.1) is 0 Å². The highest BCUT2D eigenvalue weighted by Gasteiger charge is 2.07. The minimum atomic E-state index is -0.606. The fraction of sp³-hybridized carbons (Fsp3) is 0.222. The van der Waals surface area contributed by atoms with Crippen LogP contribution in [-0.2, 0) is 4.79 Å². The van der Waals surface area contributed by atoms with Crippen LogP contribution in [0.15, 0.2) is 35.4 Å². The van der Waals surface area contributed by atoms with Gasteiger partial charge in [0.25, 0.3) is 11.6 Å². The molecule has 0 aliphatic heterocycles. The van der Waals surface area contributed by atoms with Crippen molar-refractivity contribution in [3.8, 4) is 5.75 Å². The van der Waals surface area contributed by atoms with E-state index in [9.17, 15) is 20.0 Å². The summed E-state index contributed by atoms with van der Waals surface area (Å²) in [7, 11) is 0. The third kappa shape index (κ3) is 4.79. The predicted octanol–water partition coefficient (Wildman–Crippen LogP) is 2.16. The Kier molecular flexibility index (Phi) is 5.90. The summed E-state index contributed by atoms with van der Waals surface area (Å²) in [5.74, 6) is -0.823. The molecule has 0 unspecified atom stereocenters. The van der Waals surface area contributed by atoms with Gasteiger partial charge in [0.15, 0.2) is 0 Å². The van der Waals surface area contributed by atoms with Crippen LogP contribution in [-0.4, -0.2) is 23.6 Å². The molecule has 0 fully saturated rings. The number of non-ortho nitro benzene ring substituents is 1. The third-order valence-electron chi connectivity index (χ3n) is 3.70. The minimum absolute atomic E-state index is 0.00124. The normalized spacial score (nSPS) is 10.7. The lowest BCUT2D eigenvalue weighted by molar-refractivity contribution is -0.385. The lowest BCUT2D eigenvalue weighted by Gasteiger charge is -2.13. The molecular weight excluding hydrogens is 336 g/mol. The maximum absolute atomic E-state index is 11.9. The Bertz CT molecular complexity index is 854. The van der Waals surface area contributed by atoms with E-state index >= 15 is 0 Å². The lowest BCUT2D eigenvalue weighted by atomic mass is 10.1. The molecule has 8 heteroatoms. The maximum Gasteiger partial charge on any atom is 0.270 e. The number of nitro benzene ring substituents is 1. The Labute approximate surface area is 150 Å². The summed E-state index contributed by atoms with van der Waals surface area (Å²) in [6, 6.07) is 7.35. The van der Waals surface area contributed by atoms with Crippen LogP contribution in [0.1, 0.15) is 22.3 Å². The highest BCUT2D eigenvalue weighted by molar-refractivity contribution is 5.86. The molecule has 0 aliphatic rings. The number of hydrogen-bond acceptors (Lipinski definition) is 6. The number of carbonyl (C=O) groups is 1. The average molecular weight is 355 g/mol. The van der Waals surface area contributed by atoms with Crippen molar-refractivity contribution in [2.45, 2.75) is 20.8 Å². The van der Waals surface area contributed by atoms with Crippen LogP contribution in [0.3, 0.4) is 0 Å². The van der Waals surface area contributed by atoms with Crippen LogP contribution in [0.25, 0.3) is 0 Å². The summed E-state index contributed by atoms with van der Waals surface area (Å²) >= 11 is 0. The molecule has 2 aromatic rings. The Morgan fingerprint density at radius 1 is 1.19 bits per heavy atom. The SMILES string of the molecule is Cc1cc(C)c(NCC(=O)N/N=C\c2cc([N+](=O)[O-])ccc2[O-])c(C)c1. The molecule has 0 atom stereocenters. The van der Waals surface area contributed by atoms with Crippen LogP contribution in [0.5, 0.6) is 5.75 Å². The van der Waals surface area contributed by atoms with E-state index in [1.165, 1.54) is 0 Å². The van der Waals surface area contributed by atoms with Gasteiger partial charge >= 0.3 is 0 Å². The largest absolute Gasteiger partial charge is 0.872 e. The molecule has 26 heavy (non-hydrogen) atoms. The van der Waals surface area contributed by atoms with Gasteiger partial charge in [-0.25, -0.2) is 5.43 Å². The molecule has 0 aromatic heterocycles. The second-order valence-corrected chi connectivity index (χ2v) is 5.90. The Morgan fingerprint density at radius 3 is 2.46 bits per heavy atom. The summed E-state index contributed by atoms with van der Waals surface area (Å²) in [6.45, 7) is 5.91. The molecule has 1 amide bonds. The molecule has 2 rings (SSSR count). The molecular formula is C18H19N4O4-. The third-order valence-corrected chi connectivity index (χ3v) is 3.70. The van der Waals surface area contributed by atoms with Gasteiger partial charge in [-0.05, 0) is 37.5 Å². The van der Waals surface area contributed by atoms with Crippen molar-refractivity contribution >= 4 is 23.5 Å². The first-order valence-corrected chi connectivity index (χ1v) is 7.87. The van der Waals surface area contributed by atoms with E-state index < -0.39 is 16.6 Å². The van der Waals surface area contributed by atoms with Gasteiger partial charge in [-0.2, -0.15) is 5.10 Å². The number of anilines is 1. The van der Waals surface area contributed by atoms with Crippen molar-refractivity contribution in [3.63, 3.8) is 0 Å². The number of nitro groups is 1. The van der Waals surface area contributed by atoms with Crippen LogP contribution < -0.4 is 15.8 Å². The van der Waals surface area contributed by atoms with Crippen LogP contribution in [0, 0.1) is 30.9 Å². The highest BCUT2D eigenvalue weighted by Crippen LogP contribution is 2.21. The quantitative estimate of drug-likeness (QED) is 0.467. The van der Waals surface area contributed by atoms with Gasteiger partial charge < -0.3 is 10.4 Å². The summed E-state index contributed by atoms with van der Waals surface area (Å²) in [5.41, 5.74) is 6.19. The molecule has 0 heterocycles. The van der Waals surface area contributed by atoms with Crippen molar-refractivity contribution in [2.75, 3.05) is 11.9 Å². The van der Waals surface area contributed by atoms with Crippen molar-refractivity contribution in [3.05, 3.63) is 62.7 Å². The maximum atomic E-state index is 11.9. The first-order chi connectivity index (χ1) is 12.3. The monoisotopic (exact) mass is 355 g/mol. The fourth-order valence-corrected chi connectivity index (χ4v) is 2.59. The summed E-state index contributed by atoms with van der Waals surface area (Å²) in [6.07, 6.45) is 1.09. The number of hydrogen-bond donors (Lipinski definition) is 2. The molecule has 0 aliphatic carbocycles. The van der Waals surface area contributed by atoms with Crippen LogP contribution >= 0.6 is 0 Å². The number of nitrogens with zero attached hydrogens (tertiary/aromatic N) is 2. The Hall–Kier alpha value is -3.42. The molecule has 0 saturated carbocycles. The Morgan fingerprint density at radius 2 is 1.85 bits per heavy atom. The van der Waals surface area contributed by atoms with E-state index in [2.05, 4.69) is 15.8 Å².